The molecule has 2 N–H and O–H groups in total. The van der Waals surface area contributed by atoms with Gasteiger partial charge in [-0.25, -0.2) is 4.99 Å². The van der Waals surface area contributed by atoms with Crippen molar-refractivity contribution in [2.24, 2.45) is 4.99 Å². The van der Waals surface area contributed by atoms with Crippen LogP contribution in [0.15, 0.2) is 47.7 Å². The lowest BCUT2D eigenvalue weighted by Gasteiger charge is -2.34. The number of aryl methyl sites for hydroxylation is 1. The van der Waals surface area contributed by atoms with Gasteiger partial charge >= 0.3 is 0 Å². The number of aliphatic imine (C=N–C) groups is 1. The smallest absolute Gasteiger partial charge is 0.196 e. The summed E-state index contributed by atoms with van der Waals surface area (Å²) in [5, 5.41) is 6.97. The highest BCUT2D eigenvalue weighted by Crippen LogP contribution is 2.37. The molecule has 1 aromatic heterocycles. The first kappa shape index (κ1) is 12.4. The Balaban J connectivity index is 1.60. The van der Waals surface area contributed by atoms with Gasteiger partial charge in [-0.3, -0.25) is 4.98 Å². The Kier molecular flexibility index (Phi) is 3.07. The maximum atomic E-state index is 4.67. The topological polar surface area (TPSA) is 49.3 Å². The van der Waals surface area contributed by atoms with Crippen LogP contribution in [-0.4, -0.2) is 10.9 Å². The summed E-state index contributed by atoms with van der Waals surface area (Å²) < 4.78 is 0. The van der Waals surface area contributed by atoms with Gasteiger partial charge in [0.15, 0.2) is 5.96 Å². The third-order valence-electron chi connectivity index (χ3n) is 4.22. The Hall–Kier alpha value is -2.36. The summed E-state index contributed by atoms with van der Waals surface area (Å²) in [5.74, 6) is 0.878. The molecule has 21 heavy (non-hydrogen) atoms. The number of pyridine rings is 1. The molecule has 0 spiro atoms. The van der Waals surface area contributed by atoms with E-state index in [1.165, 1.54) is 41.6 Å². The molecule has 0 fully saturated rings. The van der Waals surface area contributed by atoms with Crippen LogP contribution in [0.25, 0.3) is 0 Å². The minimum atomic E-state index is 0.405. The number of rotatable bonds is 2. The molecule has 0 saturated carbocycles. The van der Waals surface area contributed by atoms with Gasteiger partial charge in [0, 0.05) is 23.6 Å². The second-order valence-corrected chi connectivity index (χ2v) is 5.61. The zero-order valence-electron chi connectivity index (χ0n) is 11.8. The summed E-state index contributed by atoms with van der Waals surface area (Å²) in [5.41, 5.74) is 5.29. The fourth-order valence-corrected chi connectivity index (χ4v) is 3.21. The molecule has 4 heteroatoms. The SMILES string of the molecule is c1cc2c3c(c1)NC(=NCc1ccncc1)NC3CCC2. The van der Waals surface area contributed by atoms with Gasteiger partial charge in [-0.05, 0) is 48.6 Å². The van der Waals surface area contributed by atoms with Gasteiger partial charge in [-0.2, -0.15) is 0 Å². The lowest BCUT2D eigenvalue weighted by atomic mass is 9.85. The Morgan fingerprint density at radius 2 is 2.10 bits per heavy atom. The predicted octanol–water partition coefficient (Wildman–Crippen LogP) is 3.03. The molecule has 0 amide bonds. The lowest BCUT2D eigenvalue weighted by Crippen LogP contribution is -2.40. The van der Waals surface area contributed by atoms with E-state index in [4.69, 9.17) is 0 Å². The molecule has 1 aliphatic heterocycles. The molecule has 0 radical (unpaired) electrons. The molecule has 4 rings (SSSR count). The van der Waals surface area contributed by atoms with Crippen molar-refractivity contribution in [1.29, 1.82) is 0 Å². The molecular weight excluding hydrogens is 260 g/mol. The molecule has 2 aromatic rings. The van der Waals surface area contributed by atoms with Crippen LogP contribution in [0.1, 0.15) is 35.6 Å². The van der Waals surface area contributed by atoms with E-state index in [2.05, 4.69) is 38.8 Å². The Morgan fingerprint density at radius 1 is 1.19 bits per heavy atom. The molecule has 2 aliphatic rings. The third kappa shape index (κ3) is 2.37. The van der Waals surface area contributed by atoms with E-state index >= 15 is 0 Å². The Labute approximate surface area is 124 Å². The first-order valence-electron chi connectivity index (χ1n) is 7.49. The monoisotopic (exact) mass is 278 g/mol. The lowest BCUT2D eigenvalue weighted by molar-refractivity contribution is 0.521. The van der Waals surface area contributed by atoms with Crippen LogP contribution >= 0.6 is 0 Å². The summed E-state index contributed by atoms with van der Waals surface area (Å²) >= 11 is 0. The van der Waals surface area contributed by atoms with Gasteiger partial charge in [-0.15, -0.1) is 0 Å². The van der Waals surface area contributed by atoms with Crippen molar-refractivity contribution in [2.75, 3.05) is 5.32 Å². The minimum absolute atomic E-state index is 0.405. The number of aromatic nitrogens is 1. The highest BCUT2D eigenvalue weighted by molar-refractivity contribution is 5.97. The van der Waals surface area contributed by atoms with E-state index in [0.29, 0.717) is 12.6 Å². The normalized spacial score (nSPS) is 21.3. The fourth-order valence-electron chi connectivity index (χ4n) is 3.21. The van der Waals surface area contributed by atoms with E-state index < -0.39 is 0 Å². The van der Waals surface area contributed by atoms with Crippen molar-refractivity contribution in [3.05, 3.63) is 59.4 Å². The molecule has 0 saturated heterocycles. The molecule has 1 atom stereocenters. The molecule has 106 valence electrons. The van der Waals surface area contributed by atoms with Crippen LogP contribution in [0.2, 0.25) is 0 Å². The molecule has 1 unspecified atom stereocenters. The summed E-state index contributed by atoms with van der Waals surface area (Å²) in [6.07, 6.45) is 7.22. The van der Waals surface area contributed by atoms with E-state index in [9.17, 15) is 0 Å². The Bertz CT molecular complexity index is 678. The maximum absolute atomic E-state index is 4.67. The highest BCUT2D eigenvalue weighted by Gasteiger charge is 2.27. The van der Waals surface area contributed by atoms with E-state index in [1.807, 2.05) is 12.1 Å². The number of hydrogen-bond acceptors (Lipinski definition) is 2. The van der Waals surface area contributed by atoms with Crippen molar-refractivity contribution in [3.63, 3.8) is 0 Å². The summed E-state index contributed by atoms with van der Waals surface area (Å²) in [7, 11) is 0. The summed E-state index contributed by atoms with van der Waals surface area (Å²) in [6.45, 7) is 0.666. The molecule has 1 aliphatic carbocycles. The molecule has 2 heterocycles. The fraction of sp³-hybridized carbons (Fsp3) is 0.294. The van der Waals surface area contributed by atoms with Gasteiger partial charge in [0.05, 0.1) is 12.6 Å². The summed E-state index contributed by atoms with van der Waals surface area (Å²) in [6, 6.07) is 10.9. The number of nitrogens with zero attached hydrogens (tertiary/aromatic N) is 2. The van der Waals surface area contributed by atoms with Gasteiger partial charge in [-0.1, -0.05) is 12.1 Å². The number of hydrogen-bond donors (Lipinski definition) is 2. The highest BCUT2D eigenvalue weighted by atomic mass is 15.2. The van der Waals surface area contributed by atoms with Crippen LogP contribution in [0.3, 0.4) is 0 Å². The van der Waals surface area contributed by atoms with E-state index in [0.717, 1.165) is 5.96 Å². The van der Waals surface area contributed by atoms with Gasteiger partial charge in [0.2, 0.25) is 0 Å². The van der Waals surface area contributed by atoms with Gasteiger partial charge in [0.1, 0.15) is 0 Å². The average Bonchev–Trinajstić information content (AvgIpc) is 2.54. The minimum Gasteiger partial charge on any atom is -0.349 e. The van der Waals surface area contributed by atoms with E-state index in [-0.39, 0.29) is 0 Å². The van der Waals surface area contributed by atoms with Gasteiger partial charge < -0.3 is 10.6 Å². The predicted molar refractivity (Wildman–Crippen MR) is 84.3 cm³/mol. The van der Waals surface area contributed by atoms with Crippen molar-refractivity contribution >= 4 is 11.6 Å². The number of nitrogens with one attached hydrogen (secondary N) is 2. The van der Waals surface area contributed by atoms with Crippen LogP contribution < -0.4 is 10.6 Å². The van der Waals surface area contributed by atoms with Crippen LogP contribution in [0, 0.1) is 0 Å². The quantitative estimate of drug-likeness (QED) is 0.887. The second-order valence-electron chi connectivity index (χ2n) is 5.61. The van der Waals surface area contributed by atoms with Gasteiger partial charge in [0.25, 0.3) is 0 Å². The van der Waals surface area contributed by atoms with Crippen molar-refractivity contribution in [3.8, 4) is 0 Å². The van der Waals surface area contributed by atoms with Crippen molar-refractivity contribution < 1.29 is 0 Å². The zero-order chi connectivity index (χ0) is 14.1. The molecule has 1 aromatic carbocycles. The van der Waals surface area contributed by atoms with E-state index in [1.54, 1.807) is 12.4 Å². The third-order valence-corrected chi connectivity index (χ3v) is 4.22. The standard InChI is InChI=1S/C17H18N4/c1-3-13-4-2-6-15-16(13)14(5-1)20-17(21-15)19-11-12-7-9-18-10-8-12/h1,3,5,7-10,15H,2,4,6,11H2,(H2,19,20,21). The second kappa shape index (κ2) is 5.20. The number of guanidine groups is 1. The molecular formula is C17H18N4. The zero-order valence-corrected chi connectivity index (χ0v) is 11.8. The van der Waals surface area contributed by atoms with Crippen LogP contribution in [-0.2, 0) is 13.0 Å². The van der Waals surface area contributed by atoms with Crippen molar-refractivity contribution in [1.82, 2.24) is 10.3 Å². The maximum Gasteiger partial charge on any atom is 0.196 e. The van der Waals surface area contributed by atoms with Crippen molar-refractivity contribution in [2.45, 2.75) is 31.8 Å². The largest absolute Gasteiger partial charge is 0.349 e. The molecule has 0 bridgehead atoms. The van der Waals surface area contributed by atoms with Crippen LogP contribution in [0.4, 0.5) is 5.69 Å². The first-order valence-corrected chi connectivity index (χ1v) is 7.49. The average molecular weight is 278 g/mol. The number of anilines is 1. The Morgan fingerprint density at radius 3 is 3.00 bits per heavy atom. The molecule has 4 nitrogen and oxygen atoms in total. The van der Waals surface area contributed by atoms with Crippen LogP contribution in [0.5, 0.6) is 0 Å². The number of benzene rings is 1. The summed E-state index contributed by atoms with van der Waals surface area (Å²) in [4.78, 5) is 8.70. The first-order chi connectivity index (χ1) is 10.4.